The lowest BCUT2D eigenvalue weighted by Gasteiger charge is -2.30. The highest BCUT2D eigenvalue weighted by atomic mass is 16.5. The van der Waals surface area contributed by atoms with Crippen molar-refractivity contribution in [1.29, 1.82) is 0 Å². The molecule has 2 aliphatic rings. The van der Waals surface area contributed by atoms with E-state index in [9.17, 15) is 14.4 Å². The van der Waals surface area contributed by atoms with Gasteiger partial charge in [-0.2, -0.15) is 0 Å². The van der Waals surface area contributed by atoms with Crippen molar-refractivity contribution >= 4 is 17.7 Å². The summed E-state index contributed by atoms with van der Waals surface area (Å²) in [7, 11) is 0. The minimum atomic E-state index is -0.447. The van der Waals surface area contributed by atoms with Gasteiger partial charge in [-0.15, -0.1) is 0 Å². The molecule has 0 aromatic rings. The summed E-state index contributed by atoms with van der Waals surface area (Å²) in [6.45, 7) is 8.39. The minimum Gasteiger partial charge on any atom is -0.379 e. The number of hydrogen-bond acceptors (Lipinski definition) is 7. The number of nitrogens with one attached hydrogen (secondary N) is 3. The van der Waals surface area contributed by atoms with Crippen molar-refractivity contribution in [2.24, 2.45) is 0 Å². The van der Waals surface area contributed by atoms with Crippen molar-refractivity contribution in [2.75, 3.05) is 59.0 Å². The Bertz CT molecular complexity index is 520. The average molecular weight is 398 g/mol. The fourth-order valence-electron chi connectivity index (χ4n) is 2.83. The second-order valence-corrected chi connectivity index (χ2v) is 7.59. The summed E-state index contributed by atoms with van der Waals surface area (Å²) >= 11 is 0. The van der Waals surface area contributed by atoms with Crippen molar-refractivity contribution in [3.05, 3.63) is 0 Å². The molecule has 9 nitrogen and oxygen atoms in total. The van der Waals surface area contributed by atoms with Crippen LogP contribution in [0.2, 0.25) is 0 Å². The first-order chi connectivity index (χ1) is 13.5. The number of carbonyl (C=O) groups is 3. The molecule has 0 radical (unpaired) electrons. The van der Waals surface area contributed by atoms with E-state index in [0.717, 1.165) is 32.4 Å². The Morgan fingerprint density at radius 3 is 2.50 bits per heavy atom. The molecule has 0 aromatic carbocycles. The molecule has 0 bridgehead atoms. The maximum Gasteiger partial charge on any atom is 0.246 e. The zero-order valence-electron chi connectivity index (χ0n) is 17.2. The summed E-state index contributed by atoms with van der Waals surface area (Å²) in [6, 6.07) is 0.632. The van der Waals surface area contributed by atoms with Crippen LogP contribution >= 0.6 is 0 Å². The van der Waals surface area contributed by atoms with Gasteiger partial charge in [-0.1, -0.05) is 6.92 Å². The highest BCUT2D eigenvalue weighted by molar-refractivity contribution is 5.98. The molecule has 1 aliphatic carbocycles. The first kappa shape index (κ1) is 22.7. The lowest BCUT2D eigenvalue weighted by Crippen LogP contribution is -2.50. The minimum absolute atomic E-state index is 0.0890. The first-order valence-corrected chi connectivity index (χ1v) is 10.3. The molecule has 1 saturated heterocycles. The van der Waals surface area contributed by atoms with Crippen molar-refractivity contribution in [1.82, 2.24) is 25.8 Å². The van der Waals surface area contributed by atoms with Crippen LogP contribution in [-0.4, -0.2) is 98.6 Å². The Balaban J connectivity index is 1.79. The first-order valence-electron chi connectivity index (χ1n) is 10.3. The van der Waals surface area contributed by atoms with E-state index in [2.05, 4.69) is 20.9 Å². The number of amides is 3. The number of nitrogens with zero attached hydrogens (tertiary/aromatic N) is 2. The van der Waals surface area contributed by atoms with Gasteiger partial charge in [0.2, 0.25) is 17.7 Å². The highest BCUT2D eigenvalue weighted by Gasteiger charge is 2.24. The third-order valence-corrected chi connectivity index (χ3v) is 5.10. The fourth-order valence-corrected chi connectivity index (χ4v) is 2.83. The van der Waals surface area contributed by atoms with Gasteiger partial charge in [-0.25, -0.2) is 0 Å². The predicted molar refractivity (Wildman–Crippen MR) is 106 cm³/mol. The normalized spacial score (nSPS) is 18.5. The molecule has 2 fully saturated rings. The fraction of sp³-hybridized carbons (Fsp3) is 0.842. The van der Waals surface area contributed by atoms with Gasteiger partial charge in [0.25, 0.3) is 0 Å². The summed E-state index contributed by atoms with van der Waals surface area (Å²) < 4.78 is 5.34. The topological polar surface area (TPSA) is 103 Å². The SMILES string of the molecule is CC[C@@H](C)NCC(=O)NC(=O)CN(CCN1CCOCC1)C(=O)CNC1CC1. The molecule has 9 heteroatoms. The monoisotopic (exact) mass is 397 g/mol. The van der Waals surface area contributed by atoms with Gasteiger partial charge in [0.1, 0.15) is 6.54 Å². The van der Waals surface area contributed by atoms with Gasteiger partial charge in [-0.3, -0.25) is 24.6 Å². The Morgan fingerprint density at radius 2 is 1.86 bits per heavy atom. The van der Waals surface area contributed by atoms with Gasteiger partial charge in [0.05, 0.1) is 26.3 Å². The molecule has 1 aliphatic heterocycles. The molecule has 3 amide bonds. The van der Waals surface area contributed by atoms with Crippen LogP contribution in [0.1, 0.15) is 33.1 Å². The van der Waals surface area contributed by atoms with Crippen molar-refractivity contribution in [2.45, 2.75) is 45.2 Å². The Hall–Kier alpha value is -1.55. The molecule has 3 N–H and O–H groups in total. The quantitative estimate of drug-likeness (QED) is 0.385. The Labute approximate surface area is 167 Å². The number of imide groups is 1. The van der Waals surface area contributed by atoms with Crippen molar-refractivity contribution in [3.8, 4) is 0 Å². The Morgan fingerprint density at radius 1 is 1.14 bits per heavy atom. The molecule has 0 unspecified atom stereocenters. The number of rotatable bonds is 12. The third kappa shape index (κ3) is 9.09. The molecule has 2 rings (SSSR count). The molecule has 160 valence electrons. The summed E-state index contributed by atoms with van der Waals surface area (Å²) in [6.07, 6.45) is 3.09. The molecular formula is C19H35N5O4. The molecule has 1 atom stereocenters. The summed E-state index contributed by atoms with van der Waals surface area (Å²) in [5, 5.41) is 8.61. The van der Waals surface area contributed by atoms with E-state index in [1.54, 1.807) is 0 Å². The molecular weight excluding hydrogens is 362 g/mol. The highest BCUT2D eigenvalue weighted by Crippen LogP contribution is 2.18. The zero-order chi connectivity index (χ0) is 20.4. The van der Waals surface area contributed by atoms with E-state index in [1.807, 2.05) is 13.8 Å². The van der Waals surface area contributed by atoms with Gasteiger partial charge in [0, 0.05) is 38.3 Å². The van der Waals surface area contributed by atoms with E-state index in [-0.39, 0.29) is 37.5 Å². The number of carbonyl (C=O) groups excluding carboxylic acids is 3. The molecule has 0 spiro atoms. The lowest BCUT2D eigenvalue weighted by atomic mass is 10.2. The van der Waals surface area contributed by atoms with Crippen LogP contribution in [0.15, 0.2) is 0 Å². The number of ether oxygens (including phenoxy) is 1. The van der Waals surface area contributed by atoms with E-state index < -0.39 is 5.91 Å². The molecule has 1 saturated carbocycles. The van der Waals surface area contributed by atoms with Crippen LogP contribution in [-0.2, 0) is 19.1 Å². The van der Waals surface area contributed by atoms with Gasteiger partial charge >= 0.3 is 0 Å². The van der Waals surface area contributed by atoms with Crippen molar-refractivity contribution in [3.63, 3.8) is 0 Å². The summed E-state index contributed by atoms with van der Waals surface area (Å²) in [5.41, 5.74) is 0. The van der Waals surface area contributed by atoms with Crippen molar-refractivity contribution < 1.29 is 19.1 Å². The lowest BCUT2D eigenvalue weighted by molar-refractivity contribution is -0.138. The van der Waals surface area contributed by atoms with Gasteiger partial charge in [0.15, 0.2) is 0 Å². The predicted octanol–water partition coefficient (Wildman–Crippen LogP) is -1.07. The molecule has 0 aromatic heterocycles. The van der Waals surface area contributed by atoms with Crippen LogP contribution in [0.5, 0.6) is 0 Å². The maximum absolute atomic E-state index is 12.6. The number of hydrogen-bond donors (Lipinski definition) is 3. The molecule has 1 heterocycles. The zero-order valence-corrected chi connectivity index (χ0v) is 17.2. The third-order valence-electron chi connectivity index (χ3n) is 5.10. The van der Waals surface area contributed by atoms with Crippen LogP contribution in [0.25, 0.3) is 0 Å². The average Bonchev–Trinajstić information content (AvgIpc) is 3.52. The maximum atomic E-state index is 12.6. The van der Waals surface area contributed by atoms with E-state index in [4.69, 9.17) is 4.74 Å². The van der Waals surface area contributed by atoms with Crippen LogP contribution in [0.4, 0.5) is 0 Å². The van der Waals surface area contributed by atoms with Crippen LogP contribution in [0.3, 0.4) is 0 Å². The second-order valence-electron chi connectivity index (χ2n) is 7.59. The smallest absolute Gasteiger partial charge is 0.246 e. The van der Waals surface area contributed by atoms with Crippen LogP contribution < -0.4 is 16.0 Å². The van der Waals surface area contributed by atoms with E-state index in [0.29, 0.717) is 32.3 Å². The van der Waals surface area contributed by atoms with Gasteiger partial charge in [-0.05, 0) is 26.2 Å². The number of morpholine rings is 1. The van der Waals surface area contributed by atoms with E-state index in [1.165, 1.54) is 4.90 Å². The molecule has 28 heavy (non-hydrogen) atoms. The standard InChI is InChI=1S/C19H35N5O4/c1-3-15(2)20-12-17(25)22-18(26)14-24(19(27)13-21-16-4-5-16)7-6-23-8-10-28-11-9-23/h15-16,20-21H,3-14H2,1-2H3,(H,22,25,26)/t15-/m1/s1. The largest absolute Gasteiger partial charge is 0.379 e. The summed E-state index contributed by atoms with van der Waals surface area (Å²) in [4.78, 5) is 40.5. The summed E-state index contributed by atoms with van der Waals surface area (Å²) in [5.74, 6) is -0.930. The van der Waals surface area contributed by atoms with Gasteiger partial charge < -0.3 is 20.3 Å². The van der Waals surface area contributed by atoms with Crippen LogP contribution in [0, 0.1) is 0 Å². The Kier molecular flexibility index (Phi) is 9.83. The van der Waals surface area contributed by atoms with E-state index >= 15 is 0 Å². The second kappa shape index (κ2) is 12.1.